The second kappa shape index (κ2) is 11.7. The second-order valence-electron chi connectivity index (χ2n) is 7.20. The van der Waals surface area contributed by atoms with Crippen molar-refractivity contribution in [2.75, 3.05) is 0 Å². The van der Waals surface area contributed by atoms with E-state index in [0.29, 0.717) is 0 Å². The third-order valence-corrected chi connectivity index (χ3v) is 5.71. The number of hydrogen-bond acceptors (Lipinski definition) is 7. The summed E-state index contributed by atoms with van der Waals surface area (Å²) in [6.07, 6.45) is 0.0421. The maximum absolute atomic E-state index is 12.8. The fourth-order valence-corrected chi connectivity index (χ4v) is 3.49. The summed E-state index contributed by atoms with van der Waals surface area (Å²) in [5.41, 5.74) is -1.83. The van der Waals surface area contributed by atoms with Gasteiger partial charge in [-0.15, -0.1) is 0 Å². The quantitative estimate of drug-likeness (QED) is 0.143. The topological polar surface area (TPSA) is 130 Å². The normalized spacial score (nSPS) is 14.3. The molecule has 0 spiro atoms. The van der Waals surface area contributed by atoms with Crippen LogP contribution in [0.1, 0.15) is 40.5 Å². The predicted molar refractivity (Wildman–Crippen MR) is 129 cm³/mol. The van der Waals surface area contributed by atoms with Gasteiger partial charge >= 0.3 is 5.97 Å². The molecule has 2 unspecified atom stereocenters. The van der Waals surface area contributed by atoms with E-state index in [2.05, 4.69) is 35.9 Å². The number of aliphatic carboxylic acids is 1. The van der Waals surface area contributed by atoms with Crippen molar-refractivity contribution < 1.29 is 29.1 Å². The van der Waals surface area contributed by atoms with Gasteiger partial charge in [0.05, 0.1) is 0 Å². The van der Waals surface area contributed by atoms with E-state index in [4.69, 9.17) is 0 Å². The van der Waals surface area contributed by atoms with Gasteiger partial charge in [0.15, 0.2) is 11.6 Å². The van der Waals surface area contributed by atoms with E-state index in [1.807, 2.05) is 0 Å². The van der Waals surface area contributed by atoms with Crippen LogP contribution in [0, 0.1) is 0 Å². The van der Waals surface area contributed by atoms with Crippen LogP contribution in [0.5, 0.6) is 0 Å². The molecule has 0 aliphatic carbocycles. The number of Topliss-reactive ketones (excluding diaryl/α,β-unsaturated/α-hetero) is 2. The molecule has 0 bridgehead atoms. The molecule has 0 aliphatic rings. The van der Waals surface area contributed by atoms with E-state index in [1.54, 1.807) is 43.3 Å². The van der Waals surface area contributed by atoms with Crippen LogP contribution in [0.4, 0.5) is 0 Å². The van der Waals surface area contributed by atoms with Crippen molar-refractivity contribution in [3.63, 3.8) is 0 Å². The lowest BCUT2D eigenvalue weighted by Gasteiger charge is -2.32. The standard InChI is InChI=1S/C23H24N2O6S2/c1-2-13-23(22(30)31,24-20(28)18(32)16(26)14-9-5-3-6-10-14)25-21(29)19(33)17(27)15-11-7-4-8-12-15/h3-12,18-19,32-33H,2,13H2,1H3,(H,24,28)(H,25,29)(H,30,31). The molecule has 0 saturated heterocycles. The summed E-state index contributed by atoms with van der Waals surface area (Å²) >= 11 is 8.11. The number of amides is 2. The van der Waals surface area contributed by atoms with E-state index in [9.17, 15) is 29.1 Å². The molecule has 2 atom stereocenters. The average Bonchev–Trinajstić information content (AvgIpc) is 2.83. The minimum Gasteiger partial charge on any atom is -0.478 e. The fourth-order valence-electron chi connectivity index (χ4n) is 3.06. The Morgan fingerprint density at radius 1 is 0.788 bits per heavy atom. The number of carbonyl (C=O) groups is 5. The highest BCUT2D eigenvalue weighted by atomic mass is 32.1. The van der Waals surface area contributed by atoms with Crippen molar-refractivity contribution >= 4 is 54.6 Å². The first kappa shape index (κ1) is 26.1. The number of hydrogen-bond donors (Lipinski definition) is 5. The van der Waals surface area contributed by atoms with E-state index in [0.717, 1.165) is 0 Å². The molecule has 0 aromatic heterocycles. The van der Waals surface area contributed by atoms with Crippen LogP contribution in [0.25, 0.3) is 0 Å². The Morgan fingerprint density at radius 3 is 1.45 bits per heavy atom. The molecule has 0 radical (unpaired) electrons. The largest absolute Gasteiger partial charge is 0.478 e. The van der Waals surface area contributed by atoms with Crippen molar-refractivity contribution in [2.45, 2.75) is 35.9 Å². The Balaban J connectivity index is 2.24. The number of carboxylic acid groups (broad SMARTS) is 1. The summed E-state index contributed by atoms with van der Waals surface area (Å²) in [6, 6.07) is 15.8. The Morgan fingerprint density at radius 2 is 1.15 bits per heavy atom. The monoisotopic (exact) mass is 488 g/mol. The highest BCUT2D eigenvalue weighted by molar-refractivity contribution is 7.83. The highest BCUT2D eigenvalue weighted by Gasteiger charge is 2.44. The van der Waals surface area contributed by atoms with Gasteiger partial charge in [0, 0.05) is 17.5 Å². The maximum atomic E-state index is 12.8. The van der Waals surface area contributed by atoms with E-state index in [-0.39, 0.29) is 24.0 Å². The van der Waals surface area contributed by atoms with Gasteiger partial charge in [0.1, 0.15) is 10.5 Å². The number of benzene rings is 2. The third-order valence-electron chi connectivity index (χ3n) is 4.77. The van der Waals surface area contributed by atoms with Gasteiger partial charge in [-0.25, -0.2) is 4.79 Å². The van der Waals surface area contributed by atoms with Crippen molar-refractivity contribution in [1.82, 2.24) is 10.6 Å². The summed E-state index contributed by atoms with van der Waals surface area (Å²) in [5.74, 6) is -4.84. The molecule has 0 saturated carbocycles. The molecule has 0 aliphatic heterocycles. The van der Waals surface area contributed by atoms with Gasteiger partial charge in [-0.1, -0.05) is 74.0 Å². The number of rotatable bonds is 11. The molecule has 2 amide bonds. The van der Waals surface area contributed by atoms with Crippen LogP contribution >= 0.6 is 25.3 Å². The number of carboxylic acids is 1. The molecule has 10 heteroatoms. The number of ketones is 2. The summed E-state index contributed by atoms with van der Waals surface area (Å²) in [5, 5.41) is 11.3. The molecule has 0 fully saturated rings. The number of carbonyl (C=O) groups excluding carboxylic acids is 4. The molecule has 174 valence electrons. The molecule has 2 rings (SSSR count). The first-order valence-electron chi connectivity index (χ1n) is 10.0. The Bertz CT molecular complexity index is 958. The average molecular weight is 489 g/mol. The van der Waals surface area contributed by atoms with Crippen molar-refractivity contribution in [3.05, 3.63) is 71.8 Å². The van der Waals surface area contributed by atoms with Crippen LogP contribution in [-0.4, -0.2) is 50.6 Å². The van der Waals surface area contributed by atoms with Crippen LogP contribution < -0.4 is 10.6 Å². The van der Waals surface area contributed by atoms with Gasteiger partial charge in [-0.05, 0) is 0 Å². The van der Waals surface area contributed by atoms with E-state index >= 15 is 0 Å². The predicted octanol–water partition coefficient (Wildman–Crippen LogP) is 2.16. The van der Waals surface area contributed by atoms with Crippen molar-refractivity contribution in [3.8, 4) is 0 Å². The SMILES string of the molecule is CCCC(NC(=O)C(S)C(=O)c1ccccc1)(NC(=O)C(S)C(=O)c1ccccc1)C(=O)O. The lowest BCUT2D eigenvalue weighted by molar-refractivity contribution is -0.152. The minimum atomic E-state index is -2.27. The van der Waals surface area contributed by atoms with E-state index in [1.165, 1.54) is 24.3 Å². The summed E-state index contributed by atoms with van der Waals surface area (Å²) in [4.78, 5) is 62.8. The molecular formula is C23H24N2O6S2. The number of thiol groups is 2. The van der Waals surface area contributed by atoms with Crippen molar-refractivity contribution in [2.24, 2.45) is 0 Å². The molecule has 3 N–H and O–H groups in total. The van der Waals surface area contributed by atoms with Gasteiger partial charge < -0.3 is 15.7 Å². The van der Waals surface area contributed by atoms with Gasteiger partial charge in [-0.2, -0.15) is 25.3 Å². The molecule has 33 heavy (non-hydrogen) atoms. The Kier molecular flexibility index (Phi) is 9.24. The number of nitrogens with one attached hydrogen (secondary N) is 2. The zero-order chi connectivity index (χ0) is 24.6. The molecule has 8 nitrogen and oxygen atoms in total. The third kappa shape index (κ3) is 6.45. The zero-order valence-electron chi connectivity index (χ0n) is 17.7. The first-order chi connectivity index (χ1) is 15.6. The van der Waals surface area contributed by atoms with Gasteiger partial charge in [-0.3, -0.25) is 19.2 Å². The van der Waals surface area contributed by atoms with Gasteiger partial charge in [0.2, 0.25) is 17.5 Å². The molecule has 2 aromatic carbocycles. The van der Waals surface area contributed by atoms with Crippen LogP contribution in [-0.2, 0) is 14.4 Å². The van der Waals surface area contributed by atoms with Crippen LogP contribution in [0.2, 0.25) is 0 Å². The molecule has 2 aromatic rings. The lowest BCUT2D eigenvalue weighted by atomic mass is 10.0. The Labute approximate surface area is 202 Å². The zero-order valence-corrected chi connectivity index (χ0v) is 19.5. The van der Waals surface area contributed by atoms with Crippen molar-refractivity contribution in [1.29, 1.82) is 0 Å². The molecular weight excluding hydrogens is 464 g/mol. The van der Waals surface area contributed by atoms with Crippen LogP contribution in [0.3, 0.4) is 0 Å². The van der Waals surface area contributed by atoms with Crippen LogP contribution in [0.15, 0.2) is 60.7 Å². The summed E-state index contributed by atoms with van der Waals surface area (Å²) in [7, 11) is 0. The maximum Gasteiger partial charge on any atom is 0.350 e. The first-order valence-corrected chi connectivity index (χ1v) is 11.1. The smallest absolute Gasteiger partial charge is 0.350 e. The minimum absolute atomic E-state index is 0.208. The fraction of sp³-hybridized carbons (Fsp3) is 0.261. The molecule has 0 heterocycles. The van der Waals surface area contributed by atoms with E-state index < -0.39 is 45.5 Å². The second-order valence-corrected chi connectivity index (χ2v) is 8.24. The Hall–Kier alpha value is -3.11. The highest BCUT2D eigenvalue weighted by Crippen LogP contribution is 2.16. The van der Waals surface area contributed by atoms with Gasteiger partial charge in [0.25, 0.3) is 0 Å². The summed E-state index contributed by atoms with van der Waals surface area (Å²) in [6.45, 7) is 1.65. The summed E-state index contributed by atoms with van der Waals surface area (Å²) < 4.78 is 0. The lowest BCUT2D eigenvalue weighted by Crippen LogP contribution is -2.68.